The largest absolute Gasteiger partial charge is 0 e. The summed E-state index contributed by atoms with van der Waals surface area (Å²) in [6.45, 7) is 27.0. The van der Waals surface area contributed by atoms with Crippen LogP contribution in [0.1, 0.15) is 26.7 Å². The van der Waals surface area contributed by atoms with Crippen LogP contribution in [0.4, 0.5) is 0 Å². The van der Waals surface area contributed by atoms with Crippen molar-refractivity contribution in [3.8, 4) is 0 Å². The SMILES string of the molecule is CCC1=C(CC)P1c1ccccc1.[C-]#[O+].[C-]#[O+].[C-]#[O+].[C-]#[O+].[C-]#[O+].[W]. The molecule has 0 spiro atoms. The van der Waals surface area contributed by atoms with Gasteiger partial charge in [-0.2, -0.15) is 0 Å². The van der Waals surface area contributed by atoms with Gasteiger partial charge < -0.3 is 0 Å². The zero-order valence-electron chi connectivity index (χ0n) is 13.2. The minimum atomic E-state index is 0. The summed E-state index contributed by atoms with van der Waals surface area (Å²) in [4.78, 5) is 0. The smallest absolute Gasteiger partial charge is 0 e. The zero-order valence-corrected chi connectivity index (χ0v) is 17.0. The normalized spacial score (nSPS) is 9.33. The van der Waals surface area contributed by atoms with Crippen molar-refractivity contribution in [2.45, 2.75) is 26.7 Å². The Balaban J connectivity index is -0.0000000950. The average molecular weight is 514 g/mol. The minimum Gasteiger partial charge on any atom is 0 e. The molecule has 1 aliphatic rings. The second kappa shape index (κ2) is 29.7. The molecule has 7 heteroatoms. The van der Waals surface area contributed by atoms with Crippen LogP contribution in [-0.4, -0.2) is 0 Å². The average Bonchev–Trinajstić information content (AvgIpc) is 3.44. The first-order chi connectivity index (χ1) is 11.4. The molecule has 2 rings (SSSR count). The predicted octanol–water partition coefficient (Wildman–Crippen LogP) is 3.65. The van der Waals surface area contributed by atoms with Crippen molar-refractivity contribution in [1.29, 1.82) is 0 Å². The number of hydrogen-bond donors (Lipinski definition) is 0. The molecule has 24 heavy (non-hydrogen) atoms. The number of rotatable bonds is 3. The van der Waals surface area contributed by atoms with Gasteiger partial charge in [0, 0.05) is 21.1 Å². The topological polar surface area (TPSA) is 99.5 Å². The van der Waals surface area contributed by atoms with E-state index in [0.717, 1.165) is 0 Å². The molecule has 1 aliphatic heterocycles. The molecule has 1 aromatic rings. The molecular weight excluding hydrogens is 499 g/mol. The summed E-state index contributed by atoms with van der Waals surface area (Å²) in [6, 6.07) is 10.9. The maximum Gasteiger partial charge on any atom is 0 e. The van der Waals surface area contributed by atoms with Crippen LogP contribution in [0.3, 0.4) is 0 Å². The van der Waals surface area contributed by atoms with Crippen LogP contribution in [0.25, 0.3) is 0 Å². The van der Waals surface area contributed by atoms with Gasteiger partial charge in [0.15, 0.2) is 0 Å². The summed E-state index contributed by atoms with van der Waals surface area (Å²) in [6.07, 6.45) is 2.51. The molecule has 0 bridgehead atoms. The molecule has 0 amide bonds. The molecule has 0 aromatic heterocycles. The van der Waals surface area contributed by atoms with Crippen molar-refractivity contribution in [2.75, 3.05) is 0 Å². The Hall–Kier alpha value is -1.22. The Kier molecular flexibility index (Phi) is 42.4. The summed E-state index contributed by atoms with van der Waals surface area (Å²) in [5.74, 6) is 0. The van der Waals surface area contributed by atoms with Gasteiger partial charge in [0.05, 0.1) is 0 Å². The molecular formula is C17H15O5PW. The maximum atomic E-state index is 7.50. The fourth-order valence-corrected chi connectivity index (χ4v) is 4.52. The third-order valence-electron chi connectivity index (χ3n) is 2.51. The molecule has 124 valence electrons. The van der Waals surface area contributed by atoms with Gasteiger partial charge in [0.2, 0.25) is 0 Å². The fraction of sp³-hybridized carbons (Fsp3) is 0.235. The van der Waals surface area contributed by atoms with E-state index < -0.39 is 0 Å². The first kappa shape index (κ1) is 34.2. The standard InChI is InChI=1S/C12H15P.5CO.W/c1-3-11-12(4-2)13(11)10-8-6-5-7-9-10;5*1-2;/h5-9H,3-4H2,1-2H3;;;;;;. The van der Waals surface area contributed by atoms with Crippen molar-refractivity contribution in [3.05, 3.63) is 74.2 Å². The number of allylic oxidation sites excluding steroid dienone is 2. The molecule has 5 nitrogen and oxygen atoms in total. The van der Waals surface area contributed by atoms with Crippen molar-refractivity contribution >= 4 is 13.2 Å². The van der Waals surface area contributed by atoms with Gasteiger partial charge in [-0.25, -0.2) is 0 Å². The van der Waals surface area contributed by atoms with Crippen molar-refractivity contribution < 1.29 is 44.3 Å². The van der Waals surface area contributed by atoms with Gasteiger partial charge in [-0.05, 0) is 36.7 Å². The monoisotopic (exact) mass is 514 g/mol. The second-order valence-corrected chi connectivity index (χ2v) is 5.54. The van der Waals surface area contributed by atoms with Crippen molar-refractivity contribution in [3.63, 3.8) is 0 Å². The summed E-state index contributed by atoms with van der Waals surface area (Å²) >= 11 is 0. The Labute approximate surface area is 158 Å². The molecule has 0 saturated carbocycles. The van der Waals surface area contributed by atoms with Crippen molar-refractivity contribution in [2.24, 2.45) is 0 Å². The van der Waals surface area contributed by atoms with E-state index in [1.807, 2.05) is 0 Å². The van der Waals surface area contributed by atoms with Crippen LogP contribution < -0.4 is 5.30 Å². The van der Waals surface area contributed by atoms with E-state index in [4.69, 9.17) is 23.3 Å². The molecule has 0 atom stereocenters. The van der Waals surface area contributed by atoms with Crippen molar-refractivity contribution in [1.82, 2.24) is 0 Å². The van der Waals surface area contributed by atoms with Crippen LogP contribution in [-0.2, 0) is 44.3 Å². The summed E-state index contributed by atoms with van der Waals surface area (Å²) in [5.41, 5.74) is 0. The van der Waals surface area contributed by atoms with E-state index in [9.17, 15) is 0 Å². The second-order valence-electron chi connectivity index (χ2n) is 3.27. The third-order valence-corrected chi connectivity index (χ3v) is 5.35. The van der Waals surface area contributed by atoms with Gasteiger partial charge >= 0.3 is 56.5 Å². The van der Waals surface area contributed by atoms with Gasteiger partial charge in [-0.1, -0.05) is 44.2 Å². The summed E-state index contributed by atoms with van der Waals surface area (Å²) in [5, 5.41) is 5.03. The predicted molar refractivity (Wildman–Crippen MR) is 80.3 cm³/mol. The summed E-state index contributed by atoms with van der Waals surface area (Å²) in [7, 11) is 0.0607. The van der Waals surface area contributed by atoms with E-state index in [2.05, 4.69) is 77.4 Å². The Bertz CT molecular complexity index is 481. The molecule has 0 aliphatic carbocycles. The van der Waals surface area contributed by atoms with E-state index >= 15 is 0 Å². The molecule has 0 saturated heterocycles. The van der Waals surface area contributed by atoms with Crippen LogP contribution in [0, 0.1) is 33.3 Å². The summed E-state index contributed by atoms with van der Waals surface area (Å²) < 4.78 is 37.5. The molecule has 0 radical (unpaired) electrons. The van der Waals surface area contributed by atoms with Gasteiger partial charge in [0.25, 0.3) is 0 Å². The number of hydrogen-bond acceptors (Lipinski definition) is 0. The quantitative estimate of drug-likeness (QED) is 0.335. The van der Waals surface area contributed by atoms with Gasteiger partial charge in [-0.3, -0.25) is 0 Å². The molecule has 1 aromatic carbocycles. The maximum absolute atomic E-state index is 7.50. The minimum absolute atomic E-state index is 0. The first-order valence-electron chi connectivity index (χ1n) is 5.97. The molecule has 0 unspecified atom stereocenters. The molecule has 0 N–H and O–H groups in total. The fourth-order valence-electron chi connectivity index (χ4n) is 1.85. The Morgan fingerprint density at radius 3 is 1.21 bits per heavy atom. The van der Waals surface area contributed by atoms with E-state index in [0.29, 0.717) is 0 Å². The van der Waals surface area contributed by atoms with Gasteiger partial charge in [-0.15, -0.1) is 0 Å². The third kappa shape index (κ3) is 13.2. The molecule has 0 fully saturated rings. The van der Waals surface area contributed by atoms with Gasteiger partial charge in [0.1, 0.15) is 0 Å². The van der Waals surface area contributed by atoms with E-state index in [1.54, 1.807) is 15.9 Å². The molecule has 1 heterocycles. The number of benzene rings is 1. The van der Waals surface area contributed by atoms with Crippen LogP contribution in [0.15, 0.2) is 41.0 Å². The van der Waals surface area contributed by atoms with E-state index in [1.165, 1.54) is 12.8 Å². The van der Waals surface area contributed by atoms with Crippen LogP contribution in [0.2, 0.25) is 0 Å². The Morgan fingerprint density at radius 1 is 0.667 bits per heavy atom. The van der Waals surface area contributed by atoms with E-state index in [-0.39, 0.29) is 29.0 Å². The first-order valence-corrected chi connectivity index (χ1v) is 7.32. The zero-order chi connectivity index (χ0) is 19.3. The van der Waals surface area contributed by atoms with Crippen LogP contribution >= 0.6 is 7.92 Å². The van der Waals surface area contributed by atoms with Crippen LogP contribution in [0.5, 0.6) is 0 Å². The Morgan fingerprint density at radius 2 is 0.958 bits per heavy atom.